The Kier molecular flexibility index (Phi) is 8.11. The molecule has 0 saturated heterocycles. The molecule has 0 spiro atoms. The van der Waals surface area contributed by atoms with Crippen LogP contribution >= 0.6 is 0 Å². The average molecular weight is 818 g/mol. The van der Waals surface area contributed by atoms with Crippen LogP contribution in [-0.4, -0.2) is 24.5 Å². The van der Waals surface area contributed by atoms with Crippen LogP contribution in [-0.2, 0) is 0 Å². The molecular weight excluding hydrogens is 783 g/mol. The molecule has 64 heavy (non-hydrogen) atoms. The summed E-state index contributed by atoms with van der Waals surface area (Å²) in [5.74, 6) is 1.28. The van der Waals surface area contributed by atoms with E-state index in [0.29, 0.717) is 11.8 Å². The van der Waals surface area contributed by atoms with Crippen LogP contribution in [0.15, 0.2) is 217 Å². The molecule has 0 aliphatic heterocycles. The first kappa shape index (κ1) is 36.0. The highest BCUT2D eigenvalue weighted by molar-refractivity contribution is 6.22. The summed E-state index contributed by atoms with van der Waals surface area (Å²) in [7, 11) is 0. The van der Waals surface area contributed by atoms with Gasteiger partial charge in [0.15, 0.2) is 5.82 Å². The third-order valence-corrected chi connectivity index (χ3v) is 12.4. The fraction of sp³-hybridized carbons (Fsp3) is 0. The monoisotopic (exact) mass is 817 g/mol. The first-order valence-corrected chi connectivity index (χ1v) is 21.5. The number of furan rings is 1. The Hall–Kier alpha value is -8.74. The Balaban J connectivity index is 1.02. The number of nitrogens with zero attached hydrogens (tertiary/aromatic N) is 5. The fourth-order valence-electron chi connectivity index (χ4n) is 9.44. The molecule has 6 heteroatoms. The van der Waals surface area contributed by atoms with E-state index < -0.39 is 0 Å². The van der Waals surface area contributed by atoms with Gasteiger partial charge in [-0.15, -0.1) is 0 Å². The summed E-state index contributed by atoms with van der Waals surface area (Å²) in [4.78, 5) is 21.0. The van der Waals surface area contributed by atoms with Gasteiger partial charge in [0, 0.05) is 49.2 Å². The van der Waals surface area contributed by atoms with Gasteiger partial charge in [0.25, 0.3) is 0 Å². The smallest absolute Gasteiger partial charge is 0.235 e. The second-order valence-corrected chi connectivity index (χ2v) is 16.2. The quantitative estimate of drug-likeness (QED) is 0.167. The molecular formula is C58H35N5O. The Labute approximate surface area is 367 Å². The number of hydrogen-bond acceptors (Lipinski definition) is 5. The van der Waals surface area contributed by atoms with Gasteiger partial charge in [0.05, 0.1) is 33.6 Å². The third-order valence-electron chi connectivity index (χ3n) is 12.4. The van der Waals surface area contributed by atoms with E-state index in [9.17, 15) is 0 Å². The van der Waals surface area contributed by atoms with E-state index in [4.69, 9.17) is 24.4 Å². The summed E-state index contributed by atoms with van der Waals surface area (Å²) in [5, 5.41) is 7.64. The van der Waals surface area contributed by atoms with Crippen molar-refractivity contribution < 1.29 is 4.42 Å². The van der Waals surface area contributed by atoms with Crippen LogP contribution in [0.3, 0.4) is 0 Å². The van der Waals surface area contributed by atoms with Crippen LogP contribution < -0.4 is 0 Å². The summed E-state index contributed by atoms with van der Waals surface area (Å²) in [5.41, 5.74) is 13.4. The van der Waals surface area contributed by atoms with E-state index in [2.05, 4.69) is 162 Å². The number of fused-ring (bicyclic) bond motifs is 9. The Morgan fingerprint density at radius 3 is 1.73 bits per heavy atom. The Morgan fingerprint density at radius 1 is 0.359 bits per heavy atom. The van der Waals surface area contributed by atoms with Crippen LogP contribution in [0.1, 0.15) is 0 Å². The molecule has 4 aromatic heterocycles. The van der Waals surface area contributed by atoms with Crippen LogP contribution in [0, 0.1) is 0 Å². The van der Waals surface area contributed by atoms with Gasteiger partial charge in [0.2, 0.25) is 5.95 Å². The maximum absolute atomic E-state index is 6.55. The number of aromatic nitrogens is 5. The molecule has 9 aromatic carbocycles. The van der Waals surface area contributed by atoms with E-state index in [1.54, 1.807) is 0 Å². The summed E-state index contributed by atoms with van der Waals surface area (Å²) in [6, 6.07) is 73.8. The molecule has 0 fully saturated rings. The zero-order valence-electron chi connectivity index (χ0n) is 34.4. The van der Waals surface area contributed by atoms with E-state index in [-0.39, 0.29) is 0 Å². The number of benzene rings is 9. The van der Waals surface area contributed by atoms with E-state index >= 15 is 0 Å². The topological polar surface area (TPSA) is 69.6 Å². The summed E-state index contributed by atoms with van der Waals surface area (Å²) >= 11 is 0. The number of hydrogen-bond donors (Lipinski definition) is 0. The minimum atomic E-state index is 0.619. The fourth-order valence-corrected chi connectivity index (χ4v) is 9.44. The van der Waals surface area contributed by atoms with Crippen LogP contribution in [0.5, 0.6) is 0 Å². The SMILES string of the molecule is c1ccc(-c2cc(-c3ccccc3)nc(-n3c4ccc(-c5ccc6oc7cccc(-c8nc(-c9ccccc9)c9ccccc9n8)c7c6c5)cc4c4c5ccccc5ccc43)n2)cc1. The molecule has 0 aliphatic rings. The van der Waals surface area contributed by atoms with Crippen molar-refractivity contribution in [1.29, 1.82) is 0 Å². The van der Waals surface area contributed by atoms with Gasteiger partial charge in [-0.05, 0) is 70.4 Å². The van der Waals surface area contributed by atoms with Gasteiger partial charge >= 0.3 is 0 Å². The van der Waals surface area contributed by atoms with Gasteiger partial charge in [-0.25, -0.2) is 19.9 Å². The zero-order valence-corrected chi connectivity index (χ0v) is 34.4. The number of rotatable bonds is 6. The highest BCUT2D eigenvalue weighted by atomic mass is 16.3. The maximum Gasteiger partial charge on any atom is 0.235 e. The predicted molar refractivity (Wildman–Crippen MR) is 261 cm³/mol. The predicted octanol–water partition coefficient (Wildman–Crippen LogP) is 14.9. The van der Waals surface area contributed by atoms with Crippen molar-refractivity contribution in [2.75, 3.05) is 0 Å². The summed E-state index contributed by atoms with van der Waals surface area (Å²) < 4.78 is 8.77. The lowest BCUT2D eigenvalue weighted by molar-refractivity contribution is 0.669. The molecule has 4 heterocycles. The van der Waals surface area contributed by atoms with Crippen molar-refractivity contribution in [3.8, 4) is 62.2 Å². The molecule has 0 unspecified atom stereocenters. The standard InChI is InChI=1S/C58H35N5O/c1-4-16-37(17-5-1)48-35-49(38-18-6-2-7-19-38)61-58(60-48)63-50-30-28-40(33-45(50)54-42-22-11-10-15-36(42)27-31-51(54)63)41-29-32-52-46(34-41)55-44(24-14-26-53(55)64-52)57-59-47-25-13-12-23-43(47)56(62-57)39-20-8-3-9-21-39/h1-35H. The molecule has 298 valence electrons. The van der Waals surface area contributed by atoms with Gasteiger partial charge in [-0.3, -0.25) is 4.57 Å². The van der Waals surface area contributed by atoms with Crippen LogP contribution in [0.2, 0.25) is 0 Å². The molecule has 0 atom stereocenters. The van der Waals surface area contributed by atoms with Crippen molar-refractivity contribution in [3.05, 3.63) is 212 Å². The summed E-state index contributed by atoms with van der Waals surface area (Å²) in [6.07, 6.45) is 0. The molecule has 6 nitrogen and oxygen atoms in total. The highest BCUT2D eigenvalue weighted by Gasteiger charge is 2.21. The molecule has 13 rings (SSSR count). The molecule has 0 amide bonds. The largest absolute Gasteiger partial charge is 0.456 e. The van der Waals surface area contributed by atoms with E-state index in [1.807, 2.05) is 54.6 Å². The van der Waals surface area contributed by atoms with E-state index in [0.717, 1.165) is 105 Å². The van der Waals surface area contributed by atoms with Crippen molar-refractivity contribution in [2.24, 2.45) is 0 Å². The van der Waals surface area contributed by atoms with E-state index in [1.165, 1.54) is 10.8 Å². The molecule has 0 radical (unpaired) electrons. The first-order valence-electron chi connectivity index (χ1n) is 21.5. The second kappa shape index (κ2) is 14.4. The second-order valence-electron chi connectivity index (χ2n) is 16.2. The van der Waals surface area contributed by atoms with Crippen LogP contribution in [0.4, 0.5) is 0 Å². The molecule has 0 N–H and O–H groups in total. The Morgan fingerprint density at radius 2 is 0.984 bits per heavy atom. The van der Waals surface area contributed by atoms with Crippen molar-refractivity contribution in [1.82, 2.24) is 24.5 Å². The normalized spacial score (nSPS) is 11.8. The minimum absolute atomic E-state index is 0.619. The van der Waals surface area contributed by atoms with Crippen molar-refractivity contribution >= 4 is 65.4 Å². The van der Waals surface area contributed by atoms with Crippen molar-refractivity contribution in [3.63, 3.8) is 0 Å². The average Bonchev–Trinajstić information content (AvgIpc) is 3.92. The molecule has 0 aliphatic carbocycles. The van der Waals surface area contributed by atoms with Gasteiger partial charge in [0.1, 0.15) is 11.2 Å². The number of para-hydroxylation sites is 1. The Bertz CT molecular complexity index is 3890. The first-order chi connectivity index (χ1) is 31.7. The highest BCUT2D eigenvalue weighted by Crippen LogP contribution is 2.42. The lowest BCUT2D eigenvalue weighted by atomic mass is 9.98. The lowest BCUT2D eigenvalue weighted by Gasteiger charge is -2.12. The van der Waals surface area contributed by atoms with Gasteiger partial charge in [-0.2, -0.15) is 0 Å². The van der Waals surface area contributed by atoms with Crippen molar-refractivity contribution in [2.45, 2.75) is 0 Å². The van der Waals surface area contributed by atoms with Gasteiger partial charge < -0.3 is 4.42 Å². The molecule has 0 saturated carbocycles. The zero-order chi connectivity index (χ0) is 42.1. The third kappa shape index (κ3) is 5.81. The maximum atomic E-state index is 6.55. The van der Waals surface area contributed by atoms with Gasteiger partial charge in [-0.1, -0.05) is 164 Å². The molecule has 0 bridgehead atoms. The molecule has 13 aromatic rings. The van der Waals surface area contributed by atoms with Crippen LogP contribution in [0.25, 0.3) is 128 Å². The minimum Gasteiger partial charge on any atom is -0.456 e. The summed E-state index contributed by atoms with van der Waals surface area (Å²) in [6.45, 7) is 0. The lowest BCUT2D eigenvalue weighted by Crippen LogP contribution is -2.04.